The summed E-state index contributed by atoms with van der Waals surface area (Å²) in [6.45, 7) is 2.62. The third kappa shape index (κ3) is 2.47. The number of nitrogens with zero attached hydrogens (tertiary/aromatic N) is 1. The van der Waals surface area contributed by atoms with Crippen LogP contribution in [0.25, 0.3) is 0 Å². The van der Waals surface area contributed by atoms with Gasteiger partial charge in [0, 0.05) is 12.1 Å². The number of amides is 2. The molecule has 120 valence electrons. The smallest absolute Gasteiger partial charge is 0.315 e. The summed E-state index contributed by atoms with van der Waals surface area (Å²) in [5.74, 6) is -0.174. The van der Waals surface area contributed by atoms with E-state index in [1.54, 1.807) is 12.1 Å². The number of nitrogens with one attached hydrogen (secondary N) is 2. The predicted molar refractivity (Wildman–Crippen MR) is 84.2 cm³/mol. The normalized spacial score (nSPS) is 31.4. The topological polar surface area (TPSA) is 44.4 Å². The van der Waals surface area contributed by atoms with Gasteiger partial charge in [-0.05, 0) is 70.0 Å². The van der Waals surface area contributed by atoms with Crippen molar-refractivity contribution >= 4 is 6.03 Å². The first-order valence-electron chi connectivity index (χ1n) is 7.86. The van der Waals surface area contributed by atoms with Gasteiger partial charge in [0.25, 0.3) is 0 Å². The SMILES string of the molecule is Cc1cc(F)cc([C@]2(N(C)C)CC[C@@]3(CC2)CNC(=O)N3)c1. The van der Waals surface area contributed by atoms with E-state index in [1.165, 1.54) is 0 Å². The Hall–Kier alpha value is -1.62. The summed E-state index contributed by atoms with van der Waals surface area (Å²) in [6.07, 6.45) is 3.62. The van der Waals surface area contributed by atoms with Crippen molar-refractivity contribution in [2.75, 3.05) is 20.6 Å². The summed E-state index contributed by atoms with van der Waals surface area (Å²) in [4.78, 5) is 13.7. The molecule has 0 radical (unpaired) electrons. The van der Waals surface area contributed by atoms with Gasteiger partial charge in [-0.15, -0.1) is 0 Å². The summed E-state index contributed by atoms with van der Waals surface area (Å²) in [7, 11) is 4.12. The molecule has 1 aromatic carbocycles. The summed E-state index contributed by atoms with van der Waals surface area (Å²) in [5.41, 5.74) is 1.71. The molecule has 4 nitrogen and oxygen atoms in total. The average Bonchev–Trinajstić information content (AvgIpc) is 2.80. The maximum Gasteiger partial charge on any atom is 0.315 e. The number of urea groups is 1. The zero-order valence-electron chi connectivity index (χ0n) is 13.5. The Labute approximate surface area is 131 Å². The molecule has 2 fully saturated rings. The third-order valence-electron chi connectivity index (χ3n) is 5.44. The van der Waals surface area contributed by atoms with Crippen LogP contribution in [0.15, 0.2) is 18.2 Å². The highest BCUT2D eigenvalue weighted by Gasteiger charge is 2.47. The van der Waals surface area contributed by atoms with Gasteiger partial charge in [0.15, 0.2) is 0 Å². The lowest BCUT2D eigenvalue weighted by Crippen LogP contribution is -2.54. The molecule has 1 aromatic rings. The number of aryl methyl sites for hydroxylation is 1. The van der Waals surface area contributed by atoms with E-state index in [-0.39, 0.29) is 22.9 Å². The van der Waals surface area contributed by atoms with Gasteiger partial charge in [0.1, 0.15) is 5.82 Å². The Morgan fingerprint density at radius 1 is 1.14 bits per heavy atom. The van der Waals surface area contributed by atoms with Gasteiger partial charge in [-0.25, -0.2) is 9.18 Å². The third-order valence-corrected chi connectivity index (χ3v) is 5.44. The summed E-state index contributed by atoms with van der Waals surface area (Å²) in [6, 6.07) is 5.25. The molecule has 1 aliphatic carbocycles. The van der Waals surface area contributed by atoms with Gasteiger partial charge >= 0.3 is 6.03 Å². The lowest BCUT2D eigenvalue weighted by atomic mass is 9.68. The van der Waals surface area contributed by atoms with E-state index >= 15 is 0 Å². The van der Waals surface area contributed by atoms with Crippen molar-refractivity contribution in [3.8, 4) is 0 Å². The minimum Gasteiger partial charge on any atom is -0.336 e. The Bertz CT molecular complexity index is 571. The summed E-state index contributed by atoms with van der Waals surface area (Å²) >= 11 is 0. The van der Waals surface area contributed by atoms with Crippen LogP contribution in [-0.4, -0.2) is 37.1 Å². The lowest BCUT2D eigenvalue weighted by molar-refractivity contribution is 0.0649. The molecule has 2 amide bonds. The standard InChI is InChI=1S/C17H24FN3O/c1-12-8-13(10-14(18)9-12)17(21(2)3)6-4-16(5-7-17)11-19-15(22)20-16/h8-10H,4-7,11H2,1-3H3,(H2,19,20,22)/t16-,17+. The highest BCUT2D eigenvalue weighted by atomic mass is 19.1. The van der Waals surface area contributed by atoms with Gasteiger partial charge in [-0.3, -0.25) is 4.90 Å². The highest BCUT2D eigenvalue weighted by Crippen LogP contribution is 2.45. The predicted octanol–water partition coefficient (Wildman–Crippen LogP) is 2.52. The molecule has 1 aliphatic heterocycles. The van der Waals surface area contributed by atoms with Crippen molar-refractivity contribution in [2.45, 2.75) is 43.7 Å². The van der Waals surface area contributed by atoms with Crippen molar-refractivity contribution in [3.05, 3.63) is 35.1 Å². The molecule has 5 heteroatoms. The Morgan fingerprint density at radius 3 is 2.32 bits per heavy atom. The fourth-order valence-electron chi connectivity index (χ4n) is 4.02. The quantitative estimate of drug-likeness (QED) is 0.882. The largest absolute Gasteiger partial charge is 0.336 e. The van der Waals surface area contributed by atoms with Crippen LogP contribution in [0.2, 0.25) is 0 Å². The second-order valence-corrected chi connectivity index (χ2v) is 7.03. The first kappa shape index (κ1) is 15.3. The van der Waals surface area contributed by atoms with E-state index in [2.05, 4.69) is 35.7 Å². The molecule has 1 spiro atoms. The van der Waals surface area contributed by atoms with Gasteiger partial charge in [-0.1, -0.05) is 6.07 Å². The Balaban J connectivity index is 1.90. The van der Waals surface area contributed by atoms with Crippen LogP contribution in [0, 0.1) is 12.7 Å². The molecule has 2 aliphatic rings. The zero-order chi connectivity index (χ0) is 16.0. The number of benzene rings is 1. The van der Waals surface area contributed by atoms with Crippen molar-refractivity contribution in [3.63, 3.8) is 0 Å². The van der Waals surface area contributed by atoms with E-state index in [1.807, 2.05) is 6.92 Å². The molecule has 3 rings (SSSR count). The molecule has 1 heterocycles. The van der Waals surface area contributed by atoms with Crippen LogP contribution >= 0.6 is 0 Å². The molecule has 0 atom stereocenters. The number of carbonyl (C=O) groups excluding carboxylic acids is 1. The Kier molecular flexibility index (Phi) is 3.63. The minimum absolute atomic E-state index is 0.0704. The van der Waals surface area contributed by atoms with Crippen molar-refractivity contribution < 1.29 is 9.18 Å². The maximum absolute atomic E-state index is 13.9. The molecular formula is C17H24FN3O. The molecule has 0 bridgehead atoms. The molecule has 1 saturated heterocycles. The van der Waals surface area contributed by atoms with Crippen molar-refractivity contribution in [2.24, 2.45) is 0 Å². The number of hydrogen-bond acceptors (Lipinski definition) is 2. The minimum atomic E-state index is -0.174. The zero-order valence-corrected chi connectivity index (χ0v) is 13.5. The fourth-order valence-corrected chi connectivity index (χ4v) is 4.02. The molecule has 0 aromatic heterocycles. The van der Waals surface area contributed by atoms with E-state index in [0.29, 0.717) is 6.54 Å². The molecule has 2 N–H and O–H groups in total. The van der Waals surface area contributed by atoms with Crippen LogP contribution in [0.1, 0.15) is 36.8 Å². The van der Waals surface area contributed by atoms with Crippen LogP contribution in [0.4, 0.5) is 9.18 Å². The van der Waals surface area contributed by atoms with Crippen molar-refractivity contribution in [1.82, 2.24) is 15.5 Å². The fraction of sp³-hybridized carbons (Fsp3) is 0.588. The van der Waals surface area contributed by atoms with E-state index in [9.17, 15) is 9.18 Å². The van der Waals surface area contributed by atoms with E-state index in [0.717, 1.165) is 36.8 Å². The van der Waals surface area contributed by atoms with Gasteiger partial charge in [-0.2, -0.15) is 0 Å². The number of halogens is 1. The van der Waals surface area contributed by atoms with Crippen LogP contribution in [0.5, 0.6) is 0 Å². The molecule has 0 unspecified atom stereocenters. The second-order valence-electron chi connectivity index (χ2n) is 7.03. The van der Waals surface area contributed by atoms with E-state index in [4.69, 9.17) is 0 Å². The first-order valence-corrected chi connectivity index (χ1v) is 7.86. The average molecular weight is 305 g/mol. The van der Waals surface area contributed by atoms with Crippen LogP contribution in [0.3, 0.4) is 0 Å². The van der Waals surface area contributed by atoms with Gasteiger partial charge in [0.05, 0.1) is 5.54 Å². The summed E-state index contributed by atoms with van der Waals surface area (Å²) < 4.78 is 13.9. The van der Waals surface area contributed by atoms with E-state index < -0.39 is 0 Å². The van der Waals surface area contributed by atoms with Crippen LogP contribution in [-0.2, 0) is 5.54 Å². The number of rotatable bonds is 2. The molecular weight excluding hydrogens is 281 g/mol. The Morgan fingerprint density at radius 2 is 1.82 bits per heavy atom. The molecule has 1 saturated carbocycles. The molecule has 22 heavy (non-hydrogen) atoms. The lowest BCUT2D eigenvalue weighted by Gasteiger charge is -2.48. The monoisotopic (exact) mass is 305 g/mol. The van der Waals surface area contributed by atoms with Gasteiger partial charge < -0.3 is 10.6 Å². The van der Waals surface area contributed by atoms with Crippen LogP contribution < -0.4 is 10.6 Å². The maximum atomic E-state index is 13.9. The highest BCUT2D eigenvalue weighted by molar-refractivity contribution is 5.77. The van der Waals surface area contributed by atoms with Crippen molar-refractivity contribution in [1.29, 1.82) is 0 Å². The number of hydrogen-bond donors (Lipinski definition) is 2. The second kappa shape index (κ2) is 5.23. The van der Waals surface area contributed by atoms with Gasteiger partial charge in [0.2, 0.25) is 0 Å². The number of carbonyl (C=O) groups is 1. The first-order chi connectivity index (χ1) is 10.4. The summed E-state index contributed by atoms with van der Waals surface area (Å²) in [5, 5.41) is 5.95.